The van der Waals surface area contributed by atoms with Gasteiger partial charge in [-0.2, -0.15) is 0 Å². The highest BCUT2D eigenvalue weighted by molar-refractivity contribution is 5.79. The van der Waals surface area contributed by atoms with E-state index in [1.165, 1.54) is 12.1 Å². The molecule has 2 amide bonds. The predicted octanol–water partition coefficient (Wildman–Crippen LogP) is 2.38. The van der Waals surface area contributed by atoms with Crippen molar-refractivity contribution < 1.29 is 14.0 Å². The first-order chi connectivity index (χ1) is 11.0. The average Bonchev–Trinajstić information content (AvgIpc) is 2.52. The normalized spacial score (nSPS) is 18.1. The molecule has 1 atom stereocenters. The zero-order chi connectivity index (χ0) is 16.8. The Balaban J connectivity index is 1.85. The molecule has 0 saturated carbocycles. The SMILES string of the molecule is CC(C)C(=O)NC[C@@H]1CCCN(C(=O)Cc2cccc(F)c2)C1. The second kappa shape index (κ2) is 8.09. The van der Waals surface area contributed by atoms with E-state index in [4.69, 9.17) is 0 Å². The van der Waals surface area contributed by atoms with Gasteiger partial charge in [0, 0.05) is 25.6 Å². The van der Waals surface area contributed by atoms with Crippen LogP contribution in [0.15, 0.2) is 24.3 Å². The molecule has 1 heterocycles. The lowest BCUT2D eigenvalue weighted by atomic mass is 9.97. The molecule has 4 nitrogen and oxygen atoms in total. The molecule has 0 bridgehead atoms. The molecule has 1 aliphatic rings. The third-order valence-corrected chi connectivity index (χ3v) is 4.21. The molecule has 0 unspecified atom stereocenters. The first-order valence-electron chi connectivity index (χ1n) is 8.25. The number of benzene rings is 1. The molecule has 1 N–H and O–H groups in total. The van der Waals surface area contributed by atoms with E-state index < -0.39 is 0 Å². The van der Waals surface area contributed by atoms with E-state index in [-0.39, 0.29) is 30.0 Å². The first kappa shape index (κ1) is 17.4. The zero-order valence-electron chi connectivity index (χ0n) is 13.8. The van der Waals surface area contributed by atoms with Crippen molar-refractivity contribution in [2.24, 2.45) is 11.8 Å². The minimum absolute atomic E-state index is 0.0236. The third kappa shape index (κ3) is 5.34. The lowest BCUT2D eigenvalue weighted by Gasteiger charge is -2.33. The summed E-state index contributed by atoms with van der Waals surface area (Å²) in [5.74, 6) is 0.0270. The van der Waals surface area contributed by atoms with Crippen LogP contribution in [-0.4, -0.2) is 36.3 Å². The Labute approximate surface area is 137 Å². The van der Waals surface area contributed by atoms with Crippen molar-refractivity contribution in [3.05, 3.63) is 35.6 Å². The van der Waals surface area contributed by atoms with Crippen LogP contribution >= 0.6 is 0 Å². The maximum absolute atomic E-state index is 13.2. The average molecular weight is 320 g/mol. The minimum atomic E-state index is -0.316. The summed E-state index contributed by atoms with van der Waals surface area (Å²) in [6, 6.07) is 6.17. The fraction of sp³-hybridized carbons (Fsp3) is 0.556. The van der Waals surface area contributed by atoms with Gasteiger partial charge in [0.1, 0.15) is 5.82 Å². The van der Waals surface area contributed by atoms with Crippen LogP contribution in [0, 0.1) is 17.7 Å². The Kier molecular flexibility index (Phi) is 6.13. The van der Waals surface area contributed by atoms with Crippen molar-refractivity contribution in [3.63, 3.8) is 0 Å². The fourth-order valence-electron chi connectivity index (χ4n) is 2.84. The van der Waals surface area contributed by atoms with Crippen LogP contribution in [0.4, 0.5) is 4.39 Å². The smallest absolute Gasteiger partial charge is 0.227 e. The zero-order valence-corrected chi connectivity index (χ0v) is 13.8. The Bertz CT molecular complexity index is 560. The number of halogens is 1. The number of nitrogens with one attached hydrogen (secondary N) is 1. The van der Waals surface area contributed by atoms with Gasteiger partial charge in [0.25, 0.3) is 0 Å². The first-order valence-corrected chi connectivity index (χ1v) is 8.25. The van der Waals surface area contributed by atoms with Crippen molar-refractivity contribution in [1.82, 2.24) is 10.2 Å². The molecule has 1 aromatic carbocycles. The number of hydrogen-bond acceptors (Lipinski definition) is 2. The maximum Gasteiger partial charge on any atom is 0.227 e. The van der Waals surface area contributed by atoms with E-state index in [1.807, 2.05) is 18.7 Å². The predicted molar refractivity (Wildman–Crippen MR) is 87.3 cm³/mol. The Morgan fingerprint density at radius 1 is 1.39 bits per heavy atom. The number of likely N-dealkylation sites (tertiary alicyclic amines) is 1. The van der Waals surface area contributed by atoms with Crippen LogP contribution in [0.1, 0.15) is 32.3 Å². The number of amides is 2. The summed E-state index contributed by atoms with van der Waals surface area (Å²) >= 11 is 0. The lowest BCUT2D eigenvalue weighted by molar-refractivity contribution is -0.132. The van der Waals surface area contributed by atoms with Crippen LogP contribution in [0.25, 0.3) is 0 Å². The number of carbonyl (C=O) groups is 2. The van der Waals surface area contributed by atoms with Gasteiger partial charge in [0.15, 0.2) is 0 Å². The molecule has 0 radical (unpaired) electrons. The standard InChI is InChI=1S/C18H25FN2O2/c1-13(2)18(23)20-11-15-6-4-8-21(12-15)17(22)10-14-5-3-7-16(19)9-14/h3,5,7,9,13,15H,4,6,8,10-12H2,1-2H3,(H,20,23)/t15-/m0/s1. The number of piperidine rings is 1. The molecule has 1 aromatic rings. The highest BCUT2D eigenvalue weighted by Crippen LogP contribution is 2.17. The molecule has 1 aliphatic heterocycles. The van der Waals surface area contributed by atoms with Gasteiger partial charge in [-0.05, 0) is 36.5 Å². The van der Waals surface area contributed by atoms with Crippen molar-refractivity contribution in [1.29, 1.82) is 0 Å². The highest BCUT2D eigenvalue weighted by Gasteiger charge is 2.24. The molecule has 5 heteroatoms. The molecule has 0 aliphatic carbocycles. The van der Waals surface area contributed by atoms with Gasteiger partial charge >= 0.3 is 0 Å². The van der Waals surface area contributed by atoms with Crippen molar-refractivity contribution in [2.75, 3.05) is 19.6 Å². The highest BCUT2D eigenvalue weighted by atomic mass is 19.1. The second-order valence-corrected chi connectivity index (χ2v) is 6.55. The Morgan fingerprint density at radius 3 is 2.87 bits per heavy atom. The number of rotatable bonds is 5. The number of hydrogen-bond donors (Lipinski definition) is 1. The van der Waals surface area contributed by atoms with Crippen molar-refractivity contribution in [2.45, 2.75) is 33.1 Å². The molecule has 1 fully saturated rings. The number of carbonyl (C=O) groups excluding carboxylic acids is 2. The van der Waals surface area contributed by atoms with E-state index in [0.717, 1.165) is 19.4 Å². The molecule has 2 rings (SSSR count). The summed E-state index contributed by atoms with van der Waals surface area (Å²) in [5, 5.41) is 2.94. The topological polar surface area (TPSA) is 49.4 Å². The van der Waals surface area contributed by atoms with E-state index in [0.29, 0.717) is 24.6 Å². The van der Waals surface area contributed by atoms with Gasteiger partial charge < -0.3 is 10.2 Å². The summed E-state index contributed by atoms with van der Waals surface area (Å²) in [6.07, 6.45) is 2.18. The van der Waals surface area contributed by atoms with Gasteiger partial charge in [-0.1, -0.05) is 26.0 Å². The van der Waals surface area contributed by atoms with Crippen LogP contribution in [0.2, 0.25) is 0 Å². The molecule has 23 heavy (non-hydrogen) atoms. The summed E-state index contributed by atoms with van der Waals surface area (Å²) in [6.45, 7) is 5.74. The van der Waals surface area contributed by atoms with Gasteiger partial charge in [-0.3, -0.25) is 9.59 Å². The molecule has 1 saturated heterocycles. The van der Waals surface area contributed by atoms with Crippen molar-refractivity contribution >= 4 is 11.8 Å². The summed E-state index contributed by atoms with van der Waals surface area (Å²) in [4.78, 5) is 25.9. The summed E-state index contributed by atoms with van der Waals surface area (Å²) in [7, 11) is 0. The van der Waals surface area contributed by atoms with E-state index in [1.54, 1.807) is 12.1 Å². The molecular formula is C18H25FN2O2. The molecular weight excluding hydrogens is 295 g/mol. The van der Waals surface area contributed by atoms with Gasteiger partial charge in [0.2, 0.25) is 11.8 Å². The Morgan fingerprint density at radius 2 is 2.17 bits per heavy atom. The van der Waals surface area contributed by atoms with Crippen LogP contribution < -0.4 is 5.32 Å². The minimum Gasteiger partial charge on any atom is -0.356 e. The largest absolute Gasteiger partial charge is 0.356 e. The van der Waals surface area contributed by atoms with Crippen LogP contribution in [-0.2, 0) is 16.0 Å². The third-order valence-electron chi connectivity index (χ3n) is 4.21. The van der Waals surface area contributed by atoms with E-state index in [9.17, 15) is 14.0 Å². The quantitative estimate of drug-likeness (QED) is 0.905. The molecule has 0 aromatic heterocycles. The van der Waals surface area contributed by atoms with Gasteiger partial charge in [-0.25, -0.2) is 4.39 Å². The molecule has 126 valence electrons. The number of nitrogens with zero attached hydrogens (tertiary/aromatic N) is 1. The Hall–Kier alpha value is -1.91. The van der Waals surface area contributed by atoms with E-state index >= 15 is 0 Å². The second-order valence-electron chi connectivity index (χ2n) is 6.55. The maximum atomic E-state index is 13.2. The summed E-state index contributed by atoms with van der Waals surface area (Å²) < 4.78 is 13.2. The monoisotopic (exact) mass is 320 g/mol. The van der Waals surface area contributed by atoms with Gasteiger partial charge in [0.05, 0.1) is 6.42 Å². The van der Waals surface area contributed by atoms with E-state index in [2.05, 4.69) is 5.32 Å². The lowest BCUT2D eigenvalue weighted by Crippen LogP contribution is -2.44. The van der Waals surface area contributed by atoms with Crippen LogP contribution in [0.5, 0.6) is 0 Å². The van der Waals surface area contributed by atoms with Crippen LogP contribution in [0.3, 0.4) is 0 Å². The van der Waals surface area contributed by atoms with Crippen molar-refractivity contribution in [3.8, 4) is 0 Å². The summed E-state index contributed by atoms with van der Waals surface area (Å²) in [5.41, 5.74) is 0.699. The fourth-order valence-corrected chi connectivity index (χ4v) is 2.84. The molecule has 0 spiro atoms. The van der Waals surface area contributed by atoms with Gasteiger partial charge in [-0.15, -0.1) is 0 Å².